The number of imide groups is 1. The highest BCUT2D eigenvalue weighted by molar-refractivity contribution is 6.04. The fourth-order valence-electron chi connectivity index (χ4n) is 4.42. The summed E-state index contributed by atoms with van der Waals surface area (Å²) in [5.74, 6) is 0.0386. The van der Waals surface area contributed by atoms with Crippen LogP contribution in [0.5, 0.6) is 5.75 Å². The Bertz CT molecular complexity index is 1080. The lowest BCUT2D eigenvalue weighted by Crippen LogP contribution is -2.39. The lowest BCUT2D eigenvalue weighted by Gasteiger charge is -2.19. The molecule has 6 nitrogen and oxygen atoms in total. The summed E-state index contributed by atoms with van der Waals surface area (Å²) in [6, 6.07) is 10.1. The minimum absolute atomic E-state index is 0.208. The summed E-state index contributed by atoms with van der Waals surface area (Å²) in [4.78, 5) is 26.2. The molecule has 0 unspecified atom stereocenters. The van der Waals surface area contributed by atoms with E-state index >= 15 is 0 Å². The minimum Gasteiger partial charge on any atom is -0.492 e. The predicted molar refractivity (Wildman–Crippen MR) is 110 cm³/mol. The average molecular weight is 392 g/mol. The van der Waals surface area contributed by atoms with Crippen molar-refractivity contribution in [3.63, 3.8) is 0 Å². The van der Waals surface area contributed by atoms with Gasteiger partial charge in [0.2, 0.25) is 11.8 Å². The van der Waals surface area contributed by atoms with Crippen LogP contribution in [-0.2, 0) is 9.59 Å². The zero-order chi connectivity index (χ0) is 19.8. The second-order valence-electron chi connectivity index (χ2n) is 7.95. The molecule has 2 saturated heterocycles. The Morgan fingerprint density at radius 1 is 1.10 bits per heavy atom. The summed E-state index contributed by atoms with van der Waals surface area (Å²) in [7, 11) is 0. The molecule has 2 aliphatic heterocycles. The number of hydrogen-bond donors (Lipinski definition) is 1. The summed E-state index contributed by atoms with van der Waals surface area (Å²) in [5, 5.41) is 5.46. The first kappa shape index (κ1) is 18.2. The van der Waals surface area contributed by atoms with Crippen molar-refractivity contribution in [2.75, 3.05) is 26.2 Å². The summed E-state index contributed by atoms with van der Waals surface area (Å²) in [6.07, 6.45) is 5.08. The van der Waals surface area contributed by atoms with Crippen molar-refractivity contribution < 1.29 is 18.7 Å². The van der Waals surface area contributed by atoms with Crippen molar-refractivity contribution in [3.8, 4) is 5.75 Å². The number of rotatable bonds is 5. The molecule has 3 aromatic rings. The molecule has 29 heavy (non-hydrogen) atoms. The number of amides is 2. The third kappa shape index (κ3) is 3.60. The summed E-state index contributed by atoms with van der Waals surface area (Å²) in [6.45, 7) is 3.98. The minimum atomic E-state index is -0.355. The first-order valence-corrected chi connectivity index (χ1v) is 10.3. The molecule has 2 fully saturated rings. The van der Waals surface area contributed by atoms with Gasteiger partial charge in [0, 0.05) is 23.9 Å². The monoisotopic (exact) mass is 392 g/mol. The van der Waals surface area contributed by atoms with Crippen LogP contribution in [0.2, 0.25) is 0 Å². The van der Waals surface area contributed by atoms with Crippen LogP contribution in [0.4, 0.5) is 0 Å². The molecule has 150 valence electrons. The molecule has 5 rings (SSSR count). The lowest BCUT2D eigenvalue weighted by atomic mass is 9.90. The van der Waals surface area contributed by atoms with Crippen LogP contribution in [-0.4, -0.2) is 43.0 Å². The maximum Gasteiger partial charge on any atom is 0.234 e. The molecule has 1 atom stereocenters. The Kier molecular flexibility index (Phi) is 4.72. The number of hydrogen-bond acceptors (Lipinski definition) is 5. The van der Waals surface area contributed by atoms with Crippen LogP contribution >= 0.6 is 0 Å². The Labute approximate surface area is 168 Å². The van der Waals surface area contributed by atoms with E-state index in [-0.39, 0.29) is 17.7 Å². The summed E-state index contributed by atoms with van der Waals surface area (Å²) >= 11 is 0. The van der Waals surface area contributed by atoms with E-state index in [2.05, 4.69) is 16.3 Å². The van der Waals surface area contributed by atoms with Crippen molar-refractivity contribution in [2.45, 2.75) is 31.6 Å². The van der Waals surface area contributed by atoms with Gasteiger partial charge < -0.3 is 9.15 Å². The number of benzene rings is 2. The number of fused-ring (bicyclic) bond motifs is 2. The number of likely N-dealkylation sites (tertiary alicyclic amines) is 1. The number of furan rings is 1. The molecule has 3 heterocycles. The van der Waals surface area contributed by atoms with Gasteiger partial charge in [-0.3, -0.25) is 19.8 Å². The predicted octanol–water partition coefficient (Wildman–Crippen LogP) is 3.58. The van der Waals surface area contributed by atoms with Crippen LogP contribution < -0.4 is 10.1 Å². The van der Waals surface area contributed by atoms with Gasteiger partial charge in [0.05, 0.1) is 12.2 Å². The molecule has 6 heteroatoms. The van der Waals surface area contributed by atoms with E-state index < -0.39 is 0 Å². The highest BCUT2D eigenvalue weighted by Crippen LogP contribution is 2.35. The van der Waals surface area contributed by atoms with Crippen molar-refractivity contribution in [2.24, 2.45) is 0 Å². The highest BCUT2D eigenvalue weighted by atomic mass is 16.5. The van der Waals surface area contributed by atoms with Crippen LogP contribution in [0.15, 0.2) is 41.0 Å². The van der Waals surface area contributed by atoms with Crippen LogP contribution in [0.1, 0.15) is 37.2 Å². The number of carbonyl (C=O) groups excluding carboxylic acids is 2. The van der Waals surface area contributed by atoms with Gasteiger partial charge in [-0.15, -0.1) is 0 Å². The van der Waals surface area contributed by atoms with Gasteiger partial charge in [0.1, 0.15) is 17.9 Å². The van der Waals surface area contributed by atoms with E-state index in [1.165, 1.54) is 25.9 Å². The fourth-order valence-corrected chi connectivity index (χ4v) is 4.42. The third-order valence-electron chi connectivity index (χ3n) is 6.02. The van der Waals surface area contributed by atoms with Gasteiger partial charge in [-0.25, -0.2) is 0 Å². The molecular formula is C23H24N2O4. The van der Waals surface area contributed by atoms with Gasteiger partial charge in [-0.1, -0.05) is 6.07 Å². The quantitative estimate of drug-likeness (QED) is 0.672. The lowest BCUT2D eigenvalue weighted by molar-refractivity contribution is -0.134. The molecule has 1 aromatic heterocycles. The van der Waals surface area contributed by atoms with E-state index in [4.69, 9.17) is 9.15 Å². The molecular weight excluding hydrogens is 368 g/mol. The number of piperidine rings is 1. The smallest absolute Gasteiger partial charge is 0.234 e. The Hall–Kier alpha value is -2.86. The van der Waals surface area contributed by atoms with Crippen molar-refractivity contribution in [3.05, 3.63) is 42.2 Å². The Balaban J connectivity index is 1.40. The largest absolute Gasteiger partial charge is 0.492 e. The van der Waals surface area contributed by atoms with Crippen LogP contribution in [0, 0.1) is 0 Å². The van der Waals surface area contributed by atoms with Crippen molar-refractivity contribution in [1.29, 1.82) is 0 Å². The zero-order valence-corrected chi connectivity index (χ0v) is 16.3. The standard InChI is InChI=1S/C23H24N2O4/c26-22-6-5-18(23(27)24-22)20-14-29-21-13-15-3-4-17(11-16(15)12-19(20)21)28-10-9-25-7-1-2-8-25/h3-4,11-14,18H,1-2,5-10H2,(H,24,26,27)/t18-/m0/s1. The number of carbonyl (C=O) groups is 2. The first-order valence-electron chi connectivity index (χ1n) is 10.3. The zero-order valence-electron chi connectivity index (χ0n) is 16.3. The summed E-state index contributed by atoms with van der Waals surface area (Å²) in [5.41, 5.74) is 1.59. The molecule has 2 aliphatic rings. The van der Waals surface area contributed by atoms with Crippen molar-refractivity contribution in [1.82, 2.24) is 10.2 Å². The number of nitrogens with zero attached hydrogens (tertiary/aromatic N) is 1. The SMILES string of the molecule is O=C1CC[C@@H](c2coc3cc4ccc(OCCN5CCCC5)cc4cc23)C(=O)N1. The van der Waals surface area contributed by atoms with E-state index in [1.54, 1.807) is 6.26 Å². The van der Waals surface area contributed by atoms with Gasteiger partial charge in [-0.2, -0.15) is 0 Å². The Morgan fingerprint density at radius 3 is 2.79 bits per heavy atom. The number of nitrogens with one attached hydrogen (secondary N) is 1. The van der Waals surface area contributed by atoms with E-state index in [0.717, 1.165) is 39.6 Å². The maximum atomic E-state index is 12.3. The normalized spacial score (nSPS) is 20.5. The van der Waals surface area contributed by atoms with E-state index in [9.17, 15) is 9.59 Å². The molecule has 2 amide bonds. The van der Waals surface area contributed by atoms with Crippen molar-refractivity contribution >= 4 is 33.6 Å². The van der Waals surface area contributed by atoms with Crippen LogP contribution in [0.25, 0.3) is 21.7 Å². The Morgan fingerprint density at radius 2 is 1.97 bits per heavy atom. The average Bonchev–Trinajstić information content (AvgIpc) is 3.36. The third-order valence-corrected chi connectivity index (χ3v) is 6.02. The summed E-state index contributed by atoms with van der Waals surface area (Å²) < 4.78 is 11.7. The van der Waals surface area contributed by atoms with E-state index in [0.29, 0.717) is 19.4 Å². The molecule has 0 radical (unpaired) electrons. The maximum absolute atomic E-state index is 12.3. The van der Waals surface area contributed by atoms with E-state index in [1.807, 2.05) is 24.3 Å². The van der Waals surface area contributed by atoms with Gasteiger partial charge in [0.25, 0.3) is 0 Å². The van der Waals surface area contributed by atoms with Gasteiger partial charge in [-0.05, 0) is 67.4 Å². The molecule has 0 bridgehead atoms. The second-order valence-corrected chi connectivity index (χ2v) is 7.95. The van der Waals surface area contributed by atoms with Gasteiger partial charge in [0.15, 0.2) is 0 Å². The molecule has 2 aromatic carbocycles. The van der Waals surface area contributed by atoms with Crippen LogP contribution in [0.3, 0.4) is 0 Å². The second kappa shape index (κ2) is 7.52. The fraction of sp³-hybridized carbons (Fsp3) is 0.391. The molecule has 0 saturated carbocycles. The molecule has 1 N–H and O–H groups in total. The number of ether oxygens (including phenoxy) is 1. The molecule has 0 aliphatic carbocycles. The first-order chi connectivity index (χ1) is 14.2. The highest BCUT2D eigenvalue weighted by Gasteiger charge is 2.30. The molecule has 0 spiro atoms. The topological polar surface area (TPSA) is 71.8 Å². The van der Waals surface area contributed by atoms with Gasteiger partial charge >= 0.3 is 0 Å².